The number of hydrogen-bond acceptors (Lipinski definition) is 5. The number of amides is 1. The Morgan fingerprint density at radius 1 is 1.08 bits per heavy atom. The molecule has 0 unspecified atom stereocenters. The molecular weight excluding hydrogens is 458 g/mol. The van der Waals surface area contributed by atoms with Crippen LogP contribution in [0, 0.1) is 5.92 Å². The third-order valence-corrected chi connectivity index (χ3v) is 8.53. The Morgan fingerprint density at radius 2 is 1.86 bits per heavy atom. The van der Waals surface area contributed by atoms with Crippen molar-refractivity contribution in [3.05, 3.63) is 23.5 Å². The first-order valence-corrected chi connectivity index (χ1v) is 13.7. The van der Waals surface area contributed by atoms with Crippen molar-refractivity contribution in [2.75, 3.05) is 12.0 Å². The van der Waals surface area contributed by atoms with Gasteiger partial charge >= 0.3 is 12.1 Å². The number of carbonyl (C=O) groups excluding carboxylic acids is 1. The van der Waals surface area contributed by atoms with Gasteiger partial charge in [-0.3, -0.25) is 9.69 Å². The minimum Gasteiger partial charge on any atom is -0.481 e. The number of rotatable bonds is 5. The number of carboxylic acid groups (broad SMARTS) is 1. The summed E-state index contributed by atoms with van der Waals surface area (Å²) in [5.41, 5.74) is 3.83. The minimum atomic E-state index is -0.711. The van der Waals surface area contributed by atoms with Crippen molar-refractivity contribution < 1.29 is 24.2 Å². The van der Waals surface area contributed by atoms with E-state index in [4.69, 9.17) is 14.5 Å². The maximum atomic E-state index is 12.6. The molecule has 1 aliphatic heterocycles. The first-order valence-electron chi connectivity index (χ1n) is 13.7. The number of nitrogens with zero attached hydrogens (tertiary/aromatic N) is 3. The first-order chi connectivity index (χ1) is 17.4. The van der Waals surface area contributed by atoms with Gasteiger partial charge < -0.3 is 19.1 Å². The highest BCUT2D eigenvalue weighted by Gasteiger charge is 2.35. The van der Waals surface area contributed by atoms with Crippen LogP contribution in [0.5, 0.6) is 0 Å². The number of aromatic nitrogens is 2. The second kappa shape index (κ2) is 10.4. The van der Waals surface area contributed by atoms with E-state index in [2.05, 4.69) is 17.6 Å². The second-order valence-electron chi connectivity index (χ2n) is 10.9. The highest BCUT2D eigenvalue weighted by molar-refractivity contribution is 5.95. The lowest BCUT2D eigenvalue weighted by Crippen LogP contribution is -2.42. The molecule has 1 amide bonds. The molecule has 0 spiro atoms. The van der Waals surface area contributed by atoms with Crippen LogP contribution in [-0.2, 0) is 20.7 Å². The van der Waals surface area contributed by atoms with Crippen LogP contribution in [-0.4, -0.2) is 46.0 Å². The SMILES string of the molecule is COC(=O)N1c2ccc3c(nc([C@H](C)OC4CCCCC4)n3[C@@H]3CCC[C@@H](C(=O)O)C3)c2CC[C@@H]1C. The summed E-state index contributed by atoms with van der Waals surface area (Å²) in [5.74, 6) is -0.169. The van der Waals surface area contributed by atoms with Gasteiger partial charge in [-0.05, 0) is 70.9 Å². The van der Waals surface area contributed by atoms with E-state index >= 15 is 0 Å². The smallest absolute Gasteiger partial charge is 0.414 e. The summed E-state index contributed by atoms with van der Waals surface area (Å²) >= 11 is 0. The van der Waals surface area contributed by atoms with Crippen LogP contribution in [0.1, 0.15) is 102 Å². The van der Waals surface area contributed by atoms with Crippen molar-refractivity contribution in [2.24, 2.45) is 5.92 Å². The Kier molecular flexibility index (Phi) is 7.24. The molecule has 8 heteroatoms. The van der Waals surface area contributed by atoms with Crippen LogP contribution in [0.4, 0.5) is 10.5 Å². The molecule has 1 aromatic carbocycles. The van der Waals surface area contributed by atoms with E-state index in [1.165, 1.54) is 26.4 Å². The summed E-state index contributed by atoms with van der Waals surface area (Å²) in [5, 5.41) is 9.75. The zero-order valence-corrected chi connectivity index (χ0v) is 21.7. The van der Waals surface area contributed by atoms with Gasteiger partial charge in [-0.25, -0.2) is 9.78 Å². The van der Waals surface area contributed by atoms with Gasteiger partial charge in [-0.15, -0.1) is 0 Å². The Balaban J connectivity index is 1.60. The number of anilines is 1. The van der Waals surface area contributed by atoms with Gasteiger partial charge in [0.05, 0.1) is 35.9 Å². The van der Waals surface area contributed by atoms with E-state index in [-0.39, 0.29) is 36.3 Å². The average Bonchev–Trinajstić information content (AvgIpc) is 3.29. The molecule has 2 heterocycles. The second-order valence-corrected chi connectivity index (χ2v) is 10.9. The molecule has 5 rings (SSSR count). The monoisotopic (exact) mass is 497 g/mol. The fourth-order valence-electron chi connectivity index (χ4n) is 6.64. The standard InChI is InChI=1S/C28H39N3O5/c1-17-12-13-22-23(30(17)28(34)35-3)14-15-24-25(22)29-26(18(2)36-21-10-5-4-6-11-21)31(24)20-9-7-8-19(16-20)27(32)33/h14-15,17-21H,4-13,16H2,1-3H3,(H,32,33)/t17-,18-,19+,20+/m0/s1. The van der Waals surface area contributed by atoms with Crippen molar-refractivity contribution in [3.8, 4) is 0 Å². The van der Waals surface area contributed by atoms with E-state index in [0.29, 0.717) is 6.42 Å². The molecule has 2 saturated carbocycles. The number of methoxy groups -OCH3 is 1. The van der Waals surface area contributed by atoms with E-state index < -0.39 is 5.97 Å². The molecule has 2 fully saturated rings. The van der Waals surface area contributed by atoms with Crippen LogP contribution in [0.15, 0.2) is 12.1 Å². The quantitative estimate of drug-likeness (QED) is 0.531. The third-order valence-electron chi connectivity index (χ3n) is 8.53. The van der Waals surface area contributed by atoms with Crippen LogP contribution < -0.4 is 4.90 Å². The summed E-state index contributed by atoms with van der Waals surface area (Å²) in [6, 6.07) is 4.17. The van der Waals surface area contributed by atoms with Gasteiger partial charge in [0.15, 0.2) is 0 Å². The molecule has 2 aromatic rings. The van der Waals surface area contributed by atoms with Crippen molar-refractivity contribution in [1.82, 2.24) is 9.55 Å². The highest BCUT2D eigenvalue weighted by Crippen LogP contribution is 2.42. The van der Waals surface area contributed by atoms with Gasteiger partial charge in [-0.2, -0.15) is 0 Å². The Labute approximate surface area is 213 Å². The van der Waals surface area contributed by atoms with Crippen molar-refractivity contribution in [2.45, 2.75) is 109 Å². The molecule has 196 valence electrons. The number of aliphatic carboxylic acids is 1. The molecule has 0 saturated heterocycles. The number of benzene rings is 1. The Hall–Kier alpha value is -2.61. The number of imidazole rings is 1. The number of aryl methyl sites for hydroxylation is 1. The van der Waals surface area contributed by atoms with Gasteiger partial charge in [-0.1, -0.05) is 25.7 Å². The predicted octanol–water partition coefficient (Wildman–Crippen LogP) is 6.17. The summed E-state index contributed by atoms with van der Waals surface area (Å²) in [4.78, 5) is 31.4. The summed E-state index contributed by atoms with van der Waals surface area (Å²) in [7, 11) is 1.42. The largest absolute Gasteiger partial charge is 0.481 e. The maximum Gasteiger partial charge on any atom is 0.414 e. The molecule has 36 heavy (non-hydrogen) atoms. The summed E-state index contributed by atoms with van der Waals surface area (Å²) in [6.07, 6.45) is 10.3. The molecular formula is C28H39N3O5. The van der Waals surface area contributed by atoms with E-state index in [9.17, 15) is 14.7 Å². The van der Waals surface area contributed by atoms with Crippen LogP contribution >= 0.6 is 0 Å². The molecule has 0 radical (unpaired) electrons. The van der Waals surface area contributed by atoms with E-state index in [1.54, 1.807) is 4.90 Å². The molecule has 1 N–H and O–H groups in total. The Bertz CT molecular complexity index is 1120. The fourth-order valence-corrected chi connectivity index (χ4v) is 6.64. The fraction of sp³-hybridized carbons (Fsp3) is 0.679. The first kappa shape index (κ1) is 25.1. The van der Waals surface area contributed by atoms with Crippen molar-refractivity contribution in [3.63, 3.8) is 0 Å². The number of carbonyl (C=O) groups is 2. The van der Waals surface area contributed by atoms with Crippen LogP contribution in [0.2, 0.25) is 0 Å². The van der Waals surface area contributed by atoms with E-state index in [0.717, 1.165) is 73.1 Å². The number of fused-ring (bicyclic) bond motifs is 3. The lowest BCUT2D eigenvalue weighted by molar-refractivity contribution is -0.143. The molecule has 1 aromatic heterocycles. The van der Waals surface area contributed by atoms with Crippen molar-refractivity contribution in [1.29, 1.82) is 0 Å². The number of hydrogen-bond donors (Lipinski definition) is 1. The van der Waals surface area contributed by atoms with Gasteiger partial charge in [0.1, 0.15) is 11.9 Å². The van der Waals surface area contributed by atoms with Gasteiger partial charge in [0.2, 0.25) is 0 Å². The van der Waals surface area contributed by atoms with Crippen LogP contribution in [0.3, 0.4) is 0 Å². The lowest BCUT2D eigenvalue weighted by atomic mass is 9.85. The lowest BCUT2D eigenvalue weighted by Gasteiger charge is -2.34. The number of ether oxygens (including phenoxy) is 2. The van der Waals surface area contributed by atoms with Crippen LogP contribution in [0.25, 0.3) is 11.0 Å². The number of carboxylic acids is 1. The summed E-state index contributed by atoms with van der Waals surface area (Å²) in [6.45, 7) is 4.13. The normalized spacial score (nSPS) is 26.0. The zero-order valence-electron chi connectivity index (χ0n) is 21.7. The Morgan fingerprint density at radius 3 is 2.58 bits per heavy atom. The predicted molar refractivity (Wildman–Crippen MR) is 137 cm³/mol. The van der Waals surface area contributed by atoms with Gasteiger partial charge in [0.25, 0.3) is 0 Å². The molecule has 8 nitrogen and oxygen atoms in total. The van der Waals surface area contributed by atoms with E-state index in [1.807, 2.05) is 13.0 Å². The third kappa shape index (κ3) is 4.60. The molecule has 3 aliphatic rings. The molecule has 2 aliphatic carbocycles. The topological polar surface area (TPSA) is 93.9 Å². The zero-order chi connectivity index (χ0) is 25.4. The molecule has 4 atom stereocenters. The van der Waals surface area contributed by atoms with Crippen molar-refractivity contribution >= 4 is 28.8 Å². The van der Waals surface area contributed by atoms with Gasteiger partial charge in [0, 0.05) is 17.6 Å². The maximum absolute atomic E-state index is 12.6. The summed E-state index contributed by atoms with van der Waals surface area (Å²) < 4.78 is 13.9. The minimum absolute atomic E-state index is 0.0483. The molecule has 0 bridgehead atoms. The highest BCUT2D eigenvalue weighted by atomic mass is 16.5. The average molecular weight is 498 g/mol.